The number of carbonyl (C=O) groups excluding carboxylic acids is 1. The molecule has 2 atom stereocenters. The molecule has 0 radical (unpaired) electrons. The molecule has 0 saturated carbocycles. The van der Waals surface area contributed by atoms with Crippen LogP contribution >= 0.6 is 0 Å². The topological polar surface area (TPSA) is 77.6 Å². The average molecular weight is 488 g/mol. The minimum absolute atomic E-state index is 0.0149. The smallest absolute Gasteiger partial charge is 0.308 e. The van der Waals surface area contributed by atoms with Gasteiger partial charge >= 0.3 is 5.97 Å². The molecule has 1 aromatic carbocycles. The van der Waals surface area contributed by atoms with Gasteiger partial charge in [-0.15, -0.1) is 0 Å². The van der Waals surface area contributed by atoms with E-state index in [1.54, 1.807) is 18.3 Å². The van der Waals surface area contributed by atoms with E-state index in [9.17, 15) is 14.0 Å². The Balaban J connectivity index is 1.83. The van der Waals surface area contributed by atoms with Crippen LogP contribution in [-0.4, -0.2) is 34.5 Å². The van der Waals surface area contributed by atoms with E-state index in [2.05, 4.69) is 4.98 Å². The third kappa shape index (κ3) is 7.48. The van der Waals surface area contributed by atoms with Crippen molar-refractivity contribution >= 4 is 5.97 Å². The molecular weight excluding hydrogens is 449 g/mol. The monoisotopic (exact) mass is 487 g/mol. The third-order valence-corrected chi connectivity index (χ3v) is 5.93. The maximum absolute atomic E-state index is 13.5. The van der Waals surface area contributed by atoms with Gasteiger partial charge in [-0.05, 0) is 76.6 Å². The number of pyridine rings is 1. The predicted octanol–water partition coefficient (Wildman–Crippen LogP) is 5.88. The molecule has 35 heavy (non-hydrogen) atoms. The molecule has 0 spiro atoms. The zero-order valence-corrected chi connectivity index (χ0v) is 21.9. The third-order valence-electron chi connectivity index (χ3n) is 5.93. The van der Waals surface area contributed by atoms with Crippen LogP contribution in [0.4, 0.5) is 4.39 Å². The molecule has 1 N–H and O–H groups in total. The summed E-state index contributed by atoms with van der Waals surface area (Å²) in [6, 6.07) is 6.29. The molecular formula is C28H38FNO5. The highest BCUT2D eigenvalue weighted by Crippen LogP contribution is 2.34. The van der Waals surface area contributed by atoms with Gasteiger partial charge in [0.15, 0.2) is 5.79 Å². The molecule has 0 unspecified atom stereocenters. The van der Waals surface area contributed by atoms with E-state index < -0.39 is 11.4 Å². The maximum Gasteiger partial charge on any atom is 0.308 e. The summed E-state index contributed by atoms with van der Waals surface area (Å²) < 4.78 is 31.2. The molecule has 2 aromatic rings. The van der Waals surface area contributed by atoms with Crippen molar-refractivity contribution in [3.8, 4) is 11.1 Å². The van der Waals surface area contributed by atoms with E-state index in [1.807, 2.05) is 48.5 Å². The maximum atomic E-state index is 13.5. The molecule has 2 heterocycles. The second-order valence-electron chi connectivity index (χ2n) is 11.0. The molecule has 1 aliphatic rings. The molecule has 1 saturated heterocycles. The van der Waals surface area contributed by atoms with Crippen molar-refractivity contribution in [3.63, 3.8) is 0 Å². The van der Waals surface area contributed by atoms with Crippen LogP contribution in [-0.2, 0) is 25.4 Å². The van der Waals surface area contributed by atoms with Gasteiger partial charge in [-0.1, -0.05) is 26.0 Å². The second-order valence-corrected chi connectivity index (χ2v) is 11.0. The Kier molecular flexibility index (Phi) is 8.22. The minimum atomic E-state index is -0.843. The highest BCUT2D eigenvalue weighted by Gasteiger charge is 2.37. The SMILES string of the molecule is CC(C)c1c(CC[C@@H]2C[C@H](CC(=O)OC(C)(C)C)OC(C)(C)O2)c(-c2ccc(F)cc2)c[nH]c1=O. The predicted molar refractivity (Wildman–Crippen MR) is 134 cm³/mol. The van der Waals surface area contributed by atoms with Crippen molar-refractivity contribution in [2.24, 2.45) is 0 Å². The van der Waals surface area contributed by atoms with E-state index in [0.717, 1.165) is 22.3 Å². The van der Waals surface area contributed by atoms with Crippen molar-refractivity contribution in [2.45, 2.75) is 104 Å². The first-order valence-corrected chi connectivity index (χ1v) is 12.3. The Bertz CT molecular complexity index is 1080. The molecule has 0 bridgehead atoms. The molecule has 0 amide bonds. The van der Waals surface area contributed by atoms with E-state index in [1.165, 1.54) is 12.1 Å². The van der Waals surface area contributed by atoms with Gasteiger partial charge in [0.25, 0.3) is 5.56 Å². The van der Waals surface area contributed by atoms with Crippen LogP contribution in [0.15, 0.2) is 35.3 Å². The summed E-state index contributed by atoms with van der Waals surface area (Å²) >= 11 is 0. The first kappa shape index (κ1) is 27.1. The number of hydrogen-bond acceptors (Lipinski definition) is 5. The lowest BCUT2D eigenvalue weighted by Crippen LogP contribution is -2.45. The van der Waals surface area contributed by atoms with Crippen molar-refractivity contribution in [2.75, 3.05) is 0 Å². The van der Waals surface area contributed by atoms with Crippen LogP contribution in [0.25, 0.3) is 11.1 Å². The quantitative estimate of drug-likeness (QED) is 0.494. The lowest BCUT2D eigenvalue weighted by atomic mass is 9.88. The zero-order chi connectivity index (χ0) is 26.0. The number of esters is 1. The van der Waals surface area contributed by atoms with Gasteiger partial charge in [-0.25, -0.2) is 4.39 Å². The highest BCUT2D eigenvalue weighted by atomic mass is 19.1. The van der Waals surface area contributed by atoms with Crippen LogP contribution < -0.4 is 5.56 Å². The van der Waals surface area contributed by atoms with Crippen molar-refractivity contribution in [1.29, 1.82) is 0 Å². The first-order chi connectivity index (χ1) is 16.2. The number of H-pyrrole nitrogens is 1. The summed E-state index contributed by atoms with van der Waals surface area (Å²) in [5.74, 6) is -1.43. The number of rotatable bonds is 7. The number of halogens is 1. The van der Waals surface area contributed by atoms with Gasteiger partial charge in [0.2, 0.25) is 0 Å². The first-order valence-electron chi connectivity index (χ1n) is 12.3. The fourth-order valence-electron chi connectivity index (χ4n) is 4.75. The number of aromatic amines is 1. The Labute approximate surface area is 207 Å². The summed E-state index contributed by atoms with van der Waals surface area (Å²) in [4.78, 5) is 28.0. The summed E-state index contributed by atoms with van der Waals surface area (Å²) in [7, 11) is 0. The van der Waals surface area contributed by atoms with E-state index >= 15 is 0 Å². The number of benzene rings is 1. The summed E-state index contributed by atoms with van der Waals surface area (Å²) in [6.07, 6.45) is 3.18. The molecule has 1 fully saturated rings. The summed E-state index contributed by atoms with van der Waals surface area (Å²) in [5.41, 5.74) is 2.72. The van der Waals surface area contributed by atoms with E-state index in [0.29, 0.717) is 19.3 Å². The number of nitrogens with one attached hydrogen (secondary N) is 1. The lowest BCUT2D eigenvalue weighted by Gasteiger charge is -2.41. The van der Waals surface area contributed by atoms with E-state index in [4.69, 9.17) is 14.2 Å². The Morgan fingerprint density at radius 2 is 1.80 bits per heavy atom. The van der Waals surface area contributed by atoms with Gasteiger partial charge in [-0.2, -0.15) is 0 Å². The van der Waals surface area contributed by atoms with Gasteiger partial charge in [0.05, 0.1) is 18.6 Å². The highest BCUT2D eigenvalue weighted by molar-refractivity contribution is 5.70. The van der Waals surface area contributed by atoms with Gasteiger partial charge < -0.3 is 19.2 Å². The van der Waals surface area contributed by atoms with Gasteiger partial charge in [0.1, 0.15) is 11.4 Å². The number of carbonyl (C=O) groups is 1. The van der Waals surface area contributed by atoms with Crippen molar-refractivity contribution in [3.05, 3.63) is 57.8 Å². The van der Waals surface area contributed by atoms with Crippen LogP contribution in [0.3, 0.4) is 0 Å². The van der Waals surface area contributed by atoms with Crippen LogP contribution in [0, 0.1) is 5.82 Å². The number of hydrogen-bond donors (Lipinski definition) is 1. The van der Waals surface area contributed by atoms with Gasteiger partial charge in [-0.3, -0.25) is 9.59 Å². The Hall–Kier alpha value is -2.51. The molecule has 1 aromatic heterocycles. The van der Waals surface area contributed by atoms with Crippen molar-refractivity contribution < 1.29 is 23.4 Å². The molecule has 192 valence electrons. The van der Waals surface area contributed by atoms with E-state index in [-0.39, 0.29) is 41.9 Å². The average Bonchev–Trinajstić information content (AvgIpc) is 2.70. The molecule has 0 aliphatic carbocycles. The normalized spacial score (nSPS) is 20.1. The summed E-state index contributed by atoms with van der Waals surface area (Å²) in [6.45, 7) is 13.2. The summed E-state index contributed by atoms with van der Waals surface area (Å²) in [5, 5.41) is 0. The Morgan fingerprint density at radius 1 is 1.17 bits per heavy atom. The lowest BCUT2D eigenvalue weighted by molar-refractivity contribution is -0.300. The standard InChI is InChI=1S/C28H38FNO5/c1-17(2)25-22(23(16-30-26(25)32)18-8-10-19(29)11-9-18)13-12-20-14-21(34-28(6,7)33-20)15-24(31)35-27(3,4)5/h8-11,16-17,20-21H,12-15H2,1-7H3,(H,30,32)/t20-,21-/m1/s1. The largest absolute Gasteiger partial charge is 0.460 e. The van der Waals surface area contributed by atoms with Crippen LogP contribution in [0.2, 0.25) is 0 Å². The molecule has 6 nitrogen and oxygen atoms in total. The number of ether oxygens (including phenoxy) is 3. The second kappa shape index (κ2) is 10.6. The minimum Gasteiger partial charge on any atom is -0.460 e. The van der Waals surface area contributed by atoms with Gasteiger partial charge in [0, 0.05) is 23.7 Å². The Morgan fingerprint density at radius 3 is 2.40 bits per heavy atom. The molecule has 1 aliphatic heterocycles. The van der Waals surface area contributed by atoms with Crippen molar-refractivity contribution in [1.82, 2.24) is 4.98 Å². The zero-order valence-electron chi connectivity index (χ0n) is 21.9. The molecule has 3 rings (SSSR count). The number of aromatic nitrogens is 1. The van der Waals surface area contributed by atoms with Crippen LogP contribution in [0.5, 0.6) is 0 Å². The fourth-order valence-corrected chi connectivity index (χ4v) is 4.75. The van der Waals surface area contributed by atoms with Crippen LogP contribution in [0.1, 0.15) is 84.8 Å². The molecule has 7 heteroatoms. The fraction of sp³-hybridized carbons (Fsp3) is 0.571.